The minimum atomic E-state index is 0.833. The first-order valence-electron chi connectivity index (χ1n) is 3.66. The Bertz CT molecular complexity index is 490. The molecule has 0 unspecified atom stereocenters. The summed E-state index contributed by atoms with van der Waals surface area (Å²) in [5.74, 6) is 0.833. The van der Waals surface area contributed by atoms with E-state index in [1.807, 2.05) is 18.3 Å². The van der Waals surface area contributed by atoms with E-state index < -0.39 is 0 Å². The molecule has 0 radical (unpaired) electrons. The van der Waals surface area contributed by atoms with Gasteiger partial charge in [0.15, 0.2) is 0 Å². The molecule has 12 heavy (non-hydrogen) atoms. The predicted molar refractivity (Wildman–Crippen MR) is 47.1 cm³/mol. The molecule has 0 N–H and O–H groups in total. The maximum absolute atomic E-state index is 4.34. The van der Waals surface area contributed by atoms with E-state index in [-0.39, 0.29) is 0 Å². The van der Waals surface area contributed by atoms with Gasteiger partial charge in [-0.05, 0) is 12.1 Å². The Morgan fingerprint density at radius 1 is 1.25 bits per heavy atom. The molecule has 0 spiro atoms. The highest BCUT2D eigenvalue weighted by Crippen LogP contribution is 2.20. The lowest BCUT2D eigenvalue weighted by Crippen LogP contribution is -2.13. The molecule has 1 aromatic carbocycles. The van der Waals surface area contributed by atoms with E-state index >= 15 is 0 Å². The van der Waals surface area contributed by atoms with Crippen LogP contribution in [0.25, 0.3) is 0 Å². The molecule has 4 heteroatoms. The number of nitrogens with zero attached hydrogens (tertiary/aromatic N) is 3. The fourth-order valence-electron chi connectivity index (χ4n) is 1.38. The Morgan fingerprint density at radius 2 is 2.17 bits per heavy atom. The van der Waals surface area contributed by atoms with E-state index in [1.165, 1.54) is 4.90 Å². The Labute approximate surface area is 72.9 Å². The first-order valence-corrected chi connectivity index (χ1v) is 4.65. The van der Waals surface area contributed by atoms with Crippen molar-refractivity contribution in [1.29, 1.82) is 0 Å². The average Bonchev–Trinajstić information content (AvgIpc) is 2.71. The van der Waals surface area contributed by atoms with Gasteiger partial charge in [-0.2, -0.15) is 10.2 Å². The van der Waals surface area contributed by atoms with Crippen LogP contribution in [0, 0.1) is 0 Å². The molecule has 0 atom stereocenters. The third-order valence-electron chi connectivity index (χ3n) is 1.95. The molecule has 0 amide bonds. The van der Waals surface area contributed by atoms with Crippen molar-refractivity contribution in [2.45, 2.75) is 4.90 Å². The molecule has 3 nitrogen and oxygen atoms in total. The maximum atomic E-state index is 4.34. The zero-order chi connectivity index (χ0) is 7.97. The maximum Gasteiger partial charge on any atom is 0.0958 e. The van der Waals surface area contributed by atoms with E-state index in [2.05, 4.69) is 15.2 Å². The van der Waals surface area contributed by atoms with Gasteiger partial charge in [0, 0.05) is 10.5 Å². The molecule has 0 aliphatic carbocycles. The number of hydrogen-bond acceptors (Lipinski definition) is 4. The van der Waals surface area contributed by atoms with Gasteiger partial charge in [0.25, 0.3) is 0 Å². The third kappa shape index (κ3) is 0.701. The van der Waals surface area contributed by atoms with Gasteiger partial charge in [-0.15, -0.1) is 0 Å². The zero-order valence-electron chi connectivity index (χ0n) is 6.19. The van der Waals surface area contributed by atoms with Gasteiger partial charge in [0.2, 0.25) is 0 Å². The largest absolute Gasteiger partial charge is 0.273 e. The molecule has 0 bridgehead atoms. The summed E-state index contributed by atoms with van der Waals surface area (Å²) in [5, 5.41) is 9.92. The average molecular weight is 175 g/mol. The standard InChI is InChI=1S/C8H5N3S/c1-2-7-8(12-4-9-7)5-3-10-11-6(1)5/h1-3H,4H2. The van der Waals surface area contributed by atoms with E-state index in [1.54, 1.807) is 11.8 Å². The van der Waals surface area contributed by atoms with Crippen LogP contribution in [0.2, 0.25) is 0 Å². The molecular weight excluding hydrogens is 170 g/mol. The molecular formula is C8H5N3S. The summed E-state index contributed by atoms with van der Waals surface area (Å²) in [4.78, 5) is 5.57. The van der Waals surface area contributed by atoms with Crippen molar-refractivity contribution >= 4 is 18.0 Å². The number of fused-ring (bicyclic) bond motifs is 3. The topological polar surface area (TPSA) is 37.1 Å². The van der Waals surface area contributed by atoms with E-state index in [0.29, 0.717) is 0 Å². The number of benzene rings is 1. The summed E-state index contributed by atoms with van der Waals surface area (Å²) in [5.41, 5.74) is 1.14. The minimum absolute atomic E-state index is 0.833. The van der Waals surface area contributed by atoms with Crippen molar-refractivity contribution in [1.82, 2.24) is 0 Å². The highest BCUT2D eigenvalue weighted by atomic mass is 32.2. The molecule has 0 aromatic heterocycles. The Hall–Kier alpha value is -1.16. The molecule has 58 valence electrons. The van der Waals surface area contributed by atoms with Crippen molar-refractivity contribution < 1.29 is 0 Å². The summed E-state index contributed by atoms with van der Waals surface area (Å²) >= 11 is 1.76. The van der Waals surface area contributed by atoms with Crippen LogP contribution >= 0.6 is 11.8 Å². The van der Waals surface area contributed by atoms with Gasteiger partial charge in [0.05, 0.1) is 22.8 Å². The smallest absolute Gasteiger partial charge is 0.0958 e. The number of rotatable bonds is 0. The van der Waals surface area contributed by atoms with Gasteiger partial charge >= 0.3 is 0 Å². The summed E-state index contributed by atoms with van der Waals surface area (Å²) in [6.45, 7) is 0. The molecule has 0 saturated carbocycles. The van der Waals surface area contributed by atoms with Crippen molar-refractivity contribution in [3.05, 3.63) is 28.4 Å². The SMILES string of the molecule is C1=NN=c2ccc3c(c21)SCN=3. The molecule has 2 aliphatic rings. The van der Waals surface area contributed by atoms with Crippen molar-refractivity contribution in [3.8, 4) is 0 Å². The molecule has 0 fully saturated rings. The highest BCUT2D eigenvalue weighted by molar-refractivity contribution is 7.99. The predicted octanol–water partition coefficient (Wildman–Crippen LogP) is 0.337. The second-order valence-corrected chi connectivity index (χ2v) is 3.58. The van der Waals surface area contributed by atoms with Gasteiger partial charge in [-0.1, -0.05) is 11.8 Å². The van der Waals surface area contributed by atoms with Crippen LogP contribution in [0.1, 0.15) is 5.56 Å². The zero-order valence-corrected chi connectivity index (χ0v) is 7.01. The van der Waals surface area contributed by atoms with Crippen LogP contribution in [-0.2, 0) is 0 Å². The second kappa shape index (κ2) is 2.17. The summed E-state index contributed by atoms with van der Waals surface area (Å²) < 4.78 is 0. The Morgan fingerprint density at radius 3 is 3.17 bits per heavy atom. The summed E-state index contributed by atoms with van der Waals surface area (Å²) in [7, 11) is 0. The van der Waals surface area contributed by atoms with Gasteiger partial charge in [-0.3, -0.25) is 4.99 Å². The van der Waals surface area contributed by atoms with Crippen LogP contribution in [0.15, 0.2) is 32.2 Å². The molecule has 2 heterocycles. The van der Waals surface area contributed by atoms with Crippen molar-refractivity contribution in [2.75, 3.05) is 5.88 Å². The number of thioether (sulfide) groups is 1. The first-order chi connectivity index (χ1) is 5.95. The molecule has 3 rings (SSSR count). The quantitative estimate of drug-likeness (QED) is 0.560. The number of hydrogen-bond donors (Lipinski definition) is 0. The molecule has 0 saturated heterocycles. The summed E-state index contributed by atoms with van der Waals surface area (Å²) in [6.07, 6.45) is 1.81. The Balaban J connectivity index is 2.50. The minimum Gasteiger partial charge on any atom is -0.273 e. The second-order valence-electron chi connectivity index (χ2n) is 2.62. The monoisotopic (exact) mass is 175 g/mol. The van der Waals surface area contributed by atoms with Gasteiger partial charge in [-0.25, -0.2) is 0 Å². The van der Waals surface area contributed by atoms with Crippen molar-refractivity contribution in [2.24, 2.45) is 15.2 Å². The fourth-order valence-corrected chi connectivity index (χ4v) is 2.31. The van der Waals surface area contributed by atoms with Crippen LogP contribution in [0.5, 0.6) is 0 Å². The third-order valence-corrected chi connectivity index (χ3v) is 2.92. The van der Waals surface area contributed by atoms with E-state index in [4.69, 9.17) is 0 Å². The fraction of sp³-hybridized carbons (Fsp3) is 0.125. The van der Waals surface area contributed by atoms with Crippen LogP contribution in [0.3, 0.4) is 0 Å². The molecule has 1 aromatic rings. The first kappa shape index (κ1) is 6.37. The van der Waals surface area contributed by atoms with Gasteiger partial charge < -0.3 is 0 Å². The van der Waals surface area contributed by atoms with Gasteiger partial charge in [0.1, 0.15) is 0 Å². The normalized spacial score (nSPS) is 16.7. The van der Waals surface area contributed by atoms with Crippen molar-refractivity contribution in [3.63, 3.8) is 0 Å². The van der Waals surface area contributed by atoms with Crippen LogP contribution in [-0.4, -0.2) is 12.1 Å². The lowest BCUT2D eigenvalue weighted by molar-refractivity contribution is 1.15. The molecule has 2 aliphatic heterocycles. The summed E-state index contributed by atoms with van der Waals surface area (Å²) in [6, 6.07) is 3.98. The van der Waals surface area contributed by atoms with Crippen LogP contribution < -0.4 is 10.7 Å². The van der Waals surface area contributed by atoms with E-state index in [0.717, 1.165) is 22.2 Å². The lowest BCUT2D eigenvalue weighted by atomic mass is 10.2. The lowest BCUT2D eigenvalue weighted by Gasteiger charge is -1.93. The van der Waals surface area contributed by atoms with E-state index in [9.17, 15) is 0 Å². The Kier molecular flexibility index (Phi) is 1.15. The highest BCUT2D eigenvalue weighted by Gasteiger charge is 2.12. The van der Waals surface area contributed by atoms with Crippen LogP contribution in [0.4, 0.5) is 0 Å².